The van der Waals surface area contributed by atoms with E-state index < -0.39 is 11.0 Å². The molecule has 142 valence electrons. The Bertz CT molecular complexity index is 990. The van der Waals surface area contributed by atoms with Gasteiger partial charge in [0.2, 0.25) is 0 Å². The molecule has 0 spiro atoms. The fourth-order valence-corrected chi connectivity index (χ4v) is 3.27. The highest BCUT2D eigenvalue weighted by atomic mass is 32.1. The number of ether oxygens (including phenoxy) is 1. The molecule has 1 aromatic carbocycles. The van der Waals surface area contributed by atoms with Gasteiger partial charge in [0.05, 0.1) is 11.5 Å². The molecule has 0 unspecified atom stereocenters. The molecule has 8 nitrogen and oxygen atoms in total. The predicted molar refractivity (Wildman–Crippen MR) is 106 cm³/mol. The molecule has 0 atom stereocenters. The van der Waals surface area contributed by atoms with Crippen LogP contribution in [0.4, 0.5) is 16.3 Å². The van der Waals surface area contributed by atoms with E-state index in [0.717, 1.165) is 5.56 Å². The number of anilines is 1. The summed E-state index contributed by atoms with van der Waals surface area (Å²) < 4.78 is 5.15. The first-order valence-electron chi connectivity index (χ1n) is 8.23. The van der Waals surface area contributed by atoms with Crippen molar-refractivity contribution in [3.63, 3.8) is 0 Å². The summed E-state index contributed by atoms with van der Waals surface area (Å²) in [4.78, 5) is 33.2. The maximum Gasteiger partial charge on any atom is 0.416 e. The third kappa shape index (κ3) is 4.38. The van der Waals surface area contributed by atoms with Crippen LogP contribution in [0.25, 0.3) is 10.6 Å². The van der Waals surface area contributed by atoms with Gasteiger partial charge in [-0.2, -0.15) is 0 Å². The number of pyridine rings is 1. The molecule has 0 aliphatic heterocycles. The first-order valence-corrected chi connectivity index (χ1v) is 9.11. The van der Waals surface area contributed by atoms with E-state index in [1.165, 1.54) is 28.4 Å². The van der Waals surface area contributed by atoms with Crippen molar-refractivity contribution in [3.8, 4) is 10.6 Å². The van der Waals surface area contributed by atoms with Crippen molar-refractivity contribution in [1.29, 1.82) is 0 Å². The Hall–Kier alpha value is -3.59. The molecule has 9 heteroatoms. The van der Waals surface area contributed by atoms with Gasteiger partial charge < -0.3 is 4.74 Å². The van der Waals surface area contributed by atoms with Gasteiger partial charge in [0.15, 0.2) is 0 Å². The van der Waals surface area contributed by atoms with Crippen molar-refractivity contribution in [2.75, 3.05) is 11.5 Å². The monoisotopic (exact) mass is 396 g/mol. The first kappa shape index (κ1) is 19.2. The maximum atomic E-state index is 12.6. The summed E-state index contributed by atoms with van der Waals surface area (Å²) >= 11 is 1.35. The predicted octanol–water partition coefficient (Wildman–Crippen LogP) is 4.44. The molecule has 1 amide bonds. The molecular formula is C19H16N4O4S. The van der Waals surface area contributed by atoms with E-state index in [1.807, 2.05) is 12.1 Å². The van der Waals surface area contributed by atoms with Crippen molar-refractivity contribution in [1.82, 2.24) is 9.97 Å². The van der Waals surface area contributed by atoms with Crippen LogP contribution in [0.15, 0.2) is 66.8 Å². The number of para-hydroxylation sites is 1. The number of amides is 1. The second-order valence-corrected chi connectivity index (χ2v) is 6.44. The molecular weight excluding hydrogens is 380 g/mol. The Morgan fingerprint density at radius 3 is 2.75 bits per heavy atom. The SMILES string of the molecule is C=CCOC(=O)N(Cc1ccccc1[N+](=O)[O-])c1csc(-c2ccncc2)n1. The van der Waals surface area contributed by atoms with Crippen LogP contribution in [-0.2, 0) is 11.3 Å². The molecule has 0 saturated heterocycles. The van der Waals surface area contributed by atoms with Crippen molar-refractivity contribution < 1.29 is 14.5 Å². The normalized spacial score (nSPS) is 10.3. The molecule has 3 aromatic rings. The van der Waals surface area contributed by atoms with E-state index in [-0.39, 0.29) is 18.8 Å². The zero-order valence-corrected chi connectivity index (χ0v) is 15.5. The lowest BCUT2D eigenvalue weighted by molar-refractivity contribution is -0.385. The van der Waals surface area contributed by atoms with E-state index in [9.17, 15) is 14.9 Å². The second kappa shape index (κ2) is 8.87. The molecule has 2 aromatic heterocycles. The number of hydrogen-bond donors (Lipinski definition) is 0. The average molecular weight is 396 g/mol. The number of hydrogen-bond acceptors (Lipinski definition) is 7. The topological polar surface area (TPSA) is 98.5 Å². The molecule has 0 saturated carbocycles. The summed E-state index contributed by atoms with van der Waals surface area (Å²) in [7, 11) is 0. The van der Waals surface area contributed by atoms with Crippen molar-refractivity contribution in [2.24, 2.45) is 0 Å². The van der Waals surface area contributed by atoms with E-state index >= 15 is 0 Å². The van der Waals surface area contributed by atoms with Crippen LogP contribution < -0.4 is 4.90 Å². The van der Waals surface area contributed by atoms with Gasteiger partial charge in [-0.05, 0) is 12.1 Å². The molecule has 3 rings (SSSR count). The van der Waals surface area contributed by atoms with Crippen LogP contribution in [-0.4, -0.2) is 27.6 Å². The molecule has 2 heterocycles. The van der Waals surface area contributed by atoms with Crippen LogP contribution in [0.1, 0.15) is 5.56 Å². The second-order valence-electron chi connectivity index (χ2n) is 5.58. The molecule has 0 aliphatic carbocycles. The maximum absolute atomic E-state index is 12.6. The fraction of sp³-hybridized carbons (Fsp3) is 0.105. The minimum Gasteiger partial charge on any atom is -0.445 e. The van der Waals surface area contributed by atoms with Gasteiger partial charge >= 0.3 is 6.09 Å². The van der Waals surface area contributed by atoms with E-state index in [4.69, 9.17) is 4.74 Å². The standard InChI is InChI=1S/C19H16N4O4S/c1-2-11-27-19(24)22(12-15-5-3-4-6-16(15)23(25)26)17-13-28-18(21-17)14-7-9-20-10-8-14/h2-10,13H,1,11-12H2. The number of rotatable bonds is 7. The smallest absolute Gasteiger partial charge is 0.416 e. The number of carbonyl (C=O) groups is 1. The van der Waals surface area contributed by atoms with Gasteiger partial charge in [-0.3, -0.25) is 20.0 Å². The number of nitrogens with zero attached hydrogens (tertiary/aromatic N) is 4. The van der Waals surface area contributed by atoms with Crippen LogP contribution >= 0.6 is 11.3 Å². The Morgan fingerprint density at radius 2 is 2.04 bits per heavy atom. The largest absolute Gasteiger partial charge is 0.445 e. The number of nitro groups is 1. The molecule has 0 aliphatic rings. The van der Waals surface area contributed by atoms with Crippen LogP contribution in [0.2, 0.25) is 0 Å². The van der Waals surface area contributed by atoms with E-state index in [1.54, 1.807) is 36.0 Å². The lowest BCUT2D eigenvalue weighted by Crippen LogP contribution is -2.31. The molecule has 28 heavy (non-hydrogen) atoms. The van der Waals surface area contributed by atoms with E-state index in [2.05, 4.69) is 16.5 Å². The van der Waals surface area contributed by atoms with Gasteiger partial charge in [0.25, 0.3) is 5.69 Å². The Kier molecular flexibility index (Phi) is 6.07. The lowest BCUT2D eigenvalue weighted by Gasteiger charge is -2.19. The van der Waals surface area contributed by atoms with Gasteiger partial charge in [0.1, 0.15) is 17.4 Å². The average Bonchev–Trinajstić information content (AvgIpc) is 3.21. The zero-order valence-electron chi connectivity index (χ0n) is 14.7. The lowest BCUT2D eigenvalue weighted by atomic mass is 10.1. The fourth-order valence-electron chi connectivity index (χ4n) is 2.46. The highest BCUT2D eigenvalue weighted by molar-refractivity contribution is 7.13. The van der Waals surface area contributed by atoms with Crippen LogP contribution in [0.3, 0.4) is 0 Å². The minimum absolute atomic E-state index is 0.0214. The number of carbonyl (C=O) groups excluding carboxylic acids is 1. The summed E-state index contributed by atoms with van der Waals surface area (Å²) in [6.07, 6.45) is 4.09. The highest BCUT2D eigenvalue weighted by Gasteiger charge is 2.24. The first-order chi connectivity index (χ1) is 13.6. The summed E-state index contributed by atoms with van der Waals surface area (Å²) in [5, 5.41) is 13.7. The van der Waals surface area contributed by atoms with Gasteiger partial charge in [0, 0.05) is 35.0 Å². The van der Waals surface area contributed by atoms with Crippen molar-refractivity contribution in [2.45, 2.75) is 6.54 Å². The van der Waals surface area contributed by atoms with Crippen molar-refractivity contribution >= 4 is 28.9 Å². The van der Waals surface area contributed by atoms with Gasteiger partial charge in [-0.15, -0.1) is 11.3 Å². The molecule has 0 radical (unpaired) electrons. The minimum atomic E-state index is -0.662. The summed E-state index contributed by atoms with van der Waals surface area (Å²) in [5.41, 5.74) is 1.16. The third-order valence-corrected chi connectivity index (χ3v) is 4.64. The Labute approximate surface area is 164 Å². The quantitative estimate of drug-likeness (QED) is 0.333. The zero-order chi connectivity index (χ0) is 19.9. The number of aromatic nitrogens is 2. The summed E-state index contributed by atoms with van der Waals surface area (Å²) in [6.45, 7) is 3.50. The Morgan fingerprint density at radius 1 is 1.29 bits per heavy atom. The summed E-state index contributed by atoms with van der Waals surface area (Å²) in [5.74, 6) is 0.351. The molecule has 0 N–H and O–H groups in total. The van der Waals surface area contributed by atoms with Crippen LogP contribution in [0.5, 0.6) is 0 Å². The van der Waals surface area contributed by atoms with Crippen molar-refractivity contribution in [3.05, 3.63) is 82.5 Å². The van der Waals surface area contributed by atoms with Crippen LogP contribution in [0, 0.1) is 10.1 Å². The summed E-state index contributed by atoms with van der Waals surface area (Å²) in [6, 6.07) is 9.87. The highest BCUT2D eigenvalue weighted by Crippen LogP contribution is 2.29. The number of benzene rings is 1. The van der Waals surface area contributed by atoms with Gasteiger partial charge in [-0.1, -0.05) is 30.9 Å². The molecule has 0 bridgehead atoms. The molecule has 0 fully saturated rings. The third-order valence-electron chi connectivity index (χ3n) is 3.76. The number of thiazole rings is 1. The number of nitro benzene ring substituents is 1. The van der Waals surface area contributed by atoms with E-state index in [0.29, 0.717) is 16.4 Å². The van der Waals surface area contributed by atoms with Gasteiger partial charge in [-0.25, -0.2) is 9.78 Å². The Balaban J connectivity index is 1.94.